The SMILES string of the molecule is CCCNC(=O)[C@H](CC)N(Cc1ccc(Cl)c(Cl)c1)C(=O)COc1ccc(C)cc1. The quantitative estimate of drug-likeness (QED) is 0.552. The minimum atomic E-state index is -0.611. The molecule has 2 aromatic rings. The van der Waals surface area contributed by atoms with Crippen molar-refractivity contribution in [2.24, 2.45) is 0 Å². The van der Waals surface area contributed by atoms with Gasteiger partial charge in [0.15, 0.2) is 6.61 Å². The molecule has 0 saturated carbocycles. The van der Waals surface area contributed by atoms with Crippen molar-refractivity contribution in [1.82, 2.24) is 10.2 Å². The first-order chi connectivity index (χ1) is 14.3. The van der Waals surface area contributed by atoms with Gasteiger partial charge in [-0.05, 0) is 49.6 Å². The molecule has 7 heteroatoms. The van der Waals surface area contributed by atoms with E-state index in [1.165, 1.54) is 0 Å². The molecular formula is C23H28Cl2N2O3. The third-order valence-corrected chi connectivity index (χ3v) is 5.39. The van der Waals surface area contributed by atoms with Crippen LogP contribution in [0.25, 0.3) is 0 Å². The fourth-order valence-corrected chi connectivity index (χ4v) is 3.30. The van der Waals surface area contributed by atoms with Gasteiger partial charge in [-0.1, -0.05) is 60.8 Å². The first-order valence-corrected chi connectivity index (χ1v) is 10.8. The second-order valence-electron chi connectivity index (χ2n) is 7.09. The lowest BCUT2D eigenvalue weighted by Gasteiger charge is -2.30. The molecule has 0 aliphatic carbocycles. The number of carbonyl (C=O) groups excluding carboxylic acids is 2. The summed E-state index contributed by atoms with van der Waals surface area (Å²) in [5.74, 6) is 0.148. The van der Waals surface area contributed by atoms with Crippen molar-refractivity contribution in [1.29, 1.82) is 0 Å². The number of hydrogen-bond donors (Lipinski definition) is 1. The van der Waals surface area contributed by atoms with Crippen LogP contribution in [0.2, 0.25) is 10.0 Å². The first kappa shape index (κ1) is 24.0. The molecular weight excluding hydrogens is 423 g/mol. The van der Waals surface area contributed by atoms with Crippen molar-refractivity contribution >= 4 is 35.0 Å². The zero-order valence-electron chi connectivity index (χ0n) is 17.6. The Balaban J connectivity index is 2.21. The highest BCUT2D eigenvalue weighted by Crippen LogP contribution is 2.24. The van der Waals surface area contributed by atoms with Gasteiger partial charge in [0.1, 0.15) is 11.8 Å². The van der Waals surface area contributed by atoms with Crippen molar-refractivity contribution < 1.29 is 14.3 Å². The van der Waals surface area contributed by atoms with Crippen molar-refractivity contribution in [3.63, 3.8) is 0 Å². The number of ether oxygens (including phenoxy) is 1. The monoisotopic (exact) mass is 450 g/mol. The van der Waals surface area contributed by atoms with Crippen LogP contribution in [0, 0.1) is 6.92 Å². The first-order valence-electron chi connectivity index (χ1n) is 10.1. The number of benzene rings is 2. The zero-order chi connectivity index (χ0) is 22.1. The Labute approximate surface area is 188 Å². The predicted octanol–water partition coefficient (Wildman–Crippen LogP) is 5.01. The van der Waals surface area contributed by atoms with Gasteiger partial charge < -0.3 is 15.0 Å². The second kappa shape index (κ2) is 11.8. The number of hydrogen-bond acceptors (Lipinski definition) is 3. The molecule has 2 rings (SSSR count). The Morgan fingerprint density at radius 2 is 1.77 bits per heavy atom. The molecule has 0 fully saturated rings. The van der Waals surface area contributed by atoms with Crippen LogP contribution in [0.5, 0.6) is 5.75 Å². The van der Waals surface area contributed by atoms with E-state index in [0.717, 1.165) is 17.5 Å². The highest BCUT2D eigenvalue weighted by Gasteiger charge is 2.28. The molecule has 0 unspecified atom stereocenters. The van der Waals surface area contributed by atoms with Crippen LogP contribution in [0.4, 0.5) is 0 Å². The Kier molecular flexibility index (Phi) is 9.47. The summed E-state index contributed by atoms with van der Waals surface area (Å²) in [6.07, 6.45) is 1.30. The number of aryl methyl sites for hydroxylation is 1. The topological polar surface area (TPSA) is 58.6 Å². The van der Waals surface area contributed by atoms with E-state index in [0.29, 0.717) is 28.8 Å². The van der Waals surface area contributed by atoms with Gasteiger partial charge in [0.25, 0.3) is 5.91 Å². The summed E-state index contributed by atoms with van der Waals surface area (Å²) in [5.41, 5.74) is 1.89. The van der Waals surface area contributed by atoms with E-state index in [1.54, 1.807) is 23.1 Å². The number of carbonyl (C=O) groups is 2. The molecule has 2 amide bonds. The second-order valence-corrected chi connectivity index (χ2v) is 7.90. The summed E-state index contributed by atoms with van der Waals surface area (Å²) in [5, 5.41) is 3.73. The molecule has 30 heavy (non-hydrogen) atoms. The van der Waals surface area contributed by atoms with Crippen LogP contribution < -0.4 is 10.1 Å². The van der Waals surface area contributed by atoms with Gasteiger partial charge in [0.2, 0.25) is 5.91 Å². The molecule has 0 saturated heterocycles. The Bertz CT molecular complexity index is 856. The summed E-state index contributed by atoms with van der Waals surface area (Å²) < 4.78 is 5.67. The normalized spacial score (nSPS) is 11.6. The largest absolute Gasteiger partial charge is 0.484 e. The van der Waals surface area contributed by atoms with E-state index < -0.39 is 6.04 Å². The van der Waals surface area contributed by atoms with Gasteiger partial charge in [-0.3, -0.25) is 9.59 Å². The summed E-state index contributed by atoms with van der Waals surface area (Å²) in [4.78, 5) is 27.3. The van der Waals surface area contributed by atoms with E-state index in [4.69, 9.17) is 27.9 Å². The summed E-state index contributed by atoms with van der Waals surface area (Å²) in [6, 6.07) is 12.0. The van der Waals surface area contributed by atoms with Crippen LogP contribution in [-0.4, -0.2) is 35.9 Å². The highest BCUT2D eigenvalue weighted by atomic mass is 35.5. The van der Waals surface area contributed by atoms with E-state index in [2.05, 4.69) is 5.32 Å². The van der Waals surface area contributed by atoms with Gasteiger partial charge in [-0.15, -0.1) is 0 Å². The van der Waals surface area contributed by atoms with E-state index in [9.17, 15) is 9.59 Å². The molecule has 0 aliphatic rings. The minimum Gasteiger partial charge on any atom is -0.484 e. The Morgan fingerprint density at radius 3 is 2.37 bits per heavy atom. The maximum absolute atomic E-state index is 13.1. The fourth-order valence-electron chi connectivity index (χ4n) is 2.98. The lowest BCUT2D eigenvalue weighted by atomic mass is 10.1. The lowest BCUT2D eigenvalue weighted by Crippen LogP contribution is -2.50. The maximum atomic E-state index is 13.1. The van der Waals surface area contributed by atoms with Crippen LogP contribution >= 0.6 is 23.2 Å². The summed E-state index contributed by atoms with van der Waals surface area (Å²) in [6.45, 7) is 6.47. The molecule has 0 aromatic heterocycles. The maximum Gasteiger partial charge on any atom is 0.261 e. The average molecular weight is 451 g/mol. The van der Waals surface area contributed by atoms with Crippen molar-refractivity contribution in [3.8, 4) is 5.75 Å². The van der Waals surface area contributed by atoms with Crippen LogP contribution in [0.1, 0.15) is 37.8 Å². The number of halogens is 2. The molecule has 0 heterocycles. The van der Waals surface area contributed by atoms with E-state index >= 15 is 0 Å². The van der Waals surface area contributed by atoms with Gasteiger partial charge in [-0.2, -0.15) is 0 Å². The Morgan fingerprint density at radius 1 is 1.07 bits per heavy atom. The standard InChI is InChI=1S/C23H28Cl2N2O3/c1-4-12-26-23(29)21(5-2)27(14-17-8-11-19(24)20(25)13-17)22(28)15-30-18-9-6-16(3)7-10-18/h6-11,13,21H,4-5,12,14-15H2,1-3H3,(H,26,29)/t21-/m0/s1. The number of nitrogens with zero attached hydrogens (tertiary/aromatic N) is 1. The van der Waals surface area contributed by atoms with E-state index in [1.807, 2.05) is 45.0 Å². The lowest BCUT2D eigenvalue weighted by molar-refractivity contribution is -0.143. The van der Waals surface area contributed by atoms with Gasteiger partial charge in [0, 0.05) is 13.1 Å². The summed E-state index contributed by atoms with van der Waals surface area (Å²) >= 11 is 12.1. The van der Waals surface area contributed by atoms with Crippen molar-refractivity contribution in [3.05, 3.63) is 63.6 Å². The summed E-state index contributed by atoms with van der Waals surface area (Å²) in [7, 11) is 0. The fraction of sp³-hybridized carbons (Fsp3) is 0.391. The van der Waals surface area contributed by atoms with Gasteiger partial charge in [0.05, 0.1) is 10.0 Å². The molecule has 162 valence electrons. The molecule has 0 bridgehead atoms. The molecule has 2 aromatic carbocycles. The van der Waals surface area contributed by atoms with Crippen LogP contribution in [-0.2, 0) is 16.1 Å². The average Bonchev–Trinajstić information content (AvgIpc) is 2.74. The Hall–Kier alpha value is -2.24. The molecule has 1 atom stereocenters. The molecule has 5 nitrogen and oxygen atoms in total. The smallest absolute Gasteiger partial charge is 0.261 e. The van der Waals surface area contributed by atoms with Crippen molar-refractivity contribution in [2.75, 3.05) is 13.2 Å². The minimum absolute atomic E-state index is 0.165. The predicted molar refractivity (Wildman–Crippen MR) is 121 cm³/mol. The number of nitrogens with one attached hydrogen (secondary N) is 1. The van der Waals surface area contributed by atoms with Gasteiger partial charge >= 0.3 is 0 Å². The molecule has 0 aliphatic heterocycles. The highest BCUT2D eigenvalue weighted by molar-refractivity contribution is 6.42. The van der Waals surface area contributed by atoms with Crippen LogP contribution in [0.15, 0.2) is 42.5 Å². The van der Waals surface area contributed by atoms with Gasteiger partial charge in [-0.25, -0.2) is 0 Å². The van der Waals surface area contributed by atoms with Crippen LogP contribution in [0.3, 0.4) is 0 Å². The van der Waals surface area contributed by atoms with Crippen molar-refractivity contribution in [2.45, 2.75) is 46.2 Å². The third-order valence-electron chi connectivity index (χ3n) is 4.66. The van der Waals surface area contributed by atoms with E-state index in [-0.39, 0.29) is 25.0 Å². The molecule has 0 radical (unpaired) electrons. The zero-order valence-corrected chi connectivity index (χ0v) is 19.1. The number of amides is 2. The number of rotatable bonds is 10. The molecule has 0 spiro atoms. The third kappa shape index (κ3) is 6.92. The molecule has 1 N–H and O–H groups in total.